The quantitative estimate of drug-likeness (QED) is 0.875. The number of aliphatic hydroxyl groups is 1. The van der Waals surface area contributed by atoms with Crippen LogP contribution >= 0.6 is 0 Å². The molecule has 1 aromatic heterocycles. The second kappa shape index (κ2) is 7.74. The number of carbonyl (C=O) groups excluding carboxylic acids is 2. The number of aryl methyl sites for hydroxylation is 2. The van der Waals surface area contributed by atoms with Gasteiger partial charge in [-0.1, -0.05) is 18.2 Å². The first-order valence-corrected chi connectivity index (χ1v) is 8.90. The average molecular weight is 355 g/mol. The van der Waals surface area contributed by atoms with Crippen LogP contribution in [0.3, 0.4) is 0 Å². The Bertz CT molecular complexity index is 799. The smallest absolute Gasteiger partial charge is 0.270 e. The number of amides is 2. The number of aliphatic hydroxyl groups excluding tert-OH is 1. The summed E-state index contributed by atoms with van der Waals surface area (Å²) >= 11 is 0. The van der Waals surface area contributed by atoms with E-state index in [2.05, 4.69) is 5.32 Å². The molecule has 1 aliphatic heterocycles. The highest BCUT2D eigenvalue weighted by Gasteiger charge is 2.31. The minimum Gasteiger partial charge on any atom is -0.391 e. The summed E-state index contributed by atoms with van der Waals surface area (Å²) in [7, 11) is 1.83. The highest BCUT2D eigenvalue weighted by molar-refractivity contribution is 5.95. The number of likely N-dealkylation sites (tertiary alicyclic amines) is 1. The van der Waals surface area contributed by atoms with Crippen molar-refractivity contribution < 1.29 is 14.7 Å². The summed E-state index contributed by atoms with van der Waals surface area (Å²) in [6.45, 7) is 3.17. The molecule has 1 aliphatic rings. The van der Waals surface area contributed by atoms with Gasteiger partial charge < -0.3 is 19.9 Å². The van der Waals surface area contributed by atoms with Crippen molar-refractivity contribution in [3.05, 3.63) is 59.4 Å². The van der Waals surface area contributed by atoms with E-state index in [0.29, 0.717) is 30.8 Å². The summed E-state index contributed by atoms with van der Waals surface area (Å²) in [5, 5.41) is 13.4. The second-order valence-electron chi connectivity index (χ2n) is 6.90. The molecular weight excluding hydrogens is 330 g/mol. The molecule has 2 atom stereocenters. The highest BCUT2D eigenvalue weighted by atomic mass is 16.3. The van der Waals surface area contributed by atoms with Gasteiger partial charge in [0.15, 0.2) is 0 Å². The van der Waals surface area contributed by atoms with Gasteiger partial charge in [-0.2, -0.15) is 0 Å². The average Bonchev–Trinajstić information content (AvgIpc) is 3.06. The molecule has 0 spiro atoms. The number of benzene rings is 1. The Labute approximate surface area is 153 Å². The summed E-state index contributed by atoms with van der Waals surface area (Å²) in [6, 6.07) is 11.0. The summed E-state index contributed by atoms with van der Waals surface area (Å²) < 4.78 is 1.78. The molecule has 26 heavy (non-hydrogen) atoms. The molecule has 2 amide bonds. The van der Waals surface area contributed by atoms with Crippen molar-refractivity contribution in [3.8, 4) is 0 Å². The minimum absolute atomic E-state index is 0.0552. The minimum atomic E-state index is -0.648. The van der Waals surface area contributed by atoms with Gasteiger partial charge in [0.25, 0.3) is 11.8 Å². The van der Waals surface area contributed by atoms with E-state index < -0.39 is 6.10 Å². The molecule has 0 radical (unpaired) electrons. The fraction of sp³-hybridized carbons (Fsp3) is 0.400. The van der Waals surface area contributed by atoms with E-state index in [-0.39, 0.29) is 24.3 Å². The first kappa shape index (κ1) is 18.2. The largest absolute Gasteiger partial charge is 0.391 e. The topological polar surface area (TPSA) is 74.6 Å². The van der Waals surface area contributed by atoms with Crippen LogP contribution in [0.25, 0.3) is 0 Å². The van der Waals surface area contributed by atoms with E-state index in [1.807, 2.05) is 44.4 Å². The van der Waals surface area contributed by atoms with Crippen LogP contribution in [0.1, 0.15) is 32.8 Å². The monoisotopic (exact) mass is 355 g/mol. The number of piperidine rings is 1. The number of nitrogens with zero attached hydrogens (tertiary/aromatic N) is 2. The van der Waals surface area contributed by atoms with Crippen LogP contribution in [0.15, 0.2) is 42.6 Å². The third-order valence-corrected chi connectivity index (χ3v) is 5.09. The second-order valence-corrected chi connectivity index (χ2v) is 6.90. The SMILES string of the molecule is Cc1ccccc1C(=O)NC[C@@H]1CCN(C(=O)c2cccn2C)C[C@H]1O. The molecule has 1 fully saturated rings. The molecule has 138 valence electrons. The molecule has 0 unspecified atom stereocenters. The number of aromatic nitrogens is 1. The highest BCUT2D eigenvalue weighted by Crippen LogP contribution is 2.19. The molecule has 6 heteroatoms. The van der Waals surface area contributed by atoms with E-state index >= 15 is 0 Å². The van der Waals surface area contributed by atoms with Crippen LogP contribution in [0, 0.1) is 12.8 Å². The zero-order chi connectivity index (χ0) is 18.7. The van der Waals surface area contributed by atoms with Crippen LogP contribution < -0.4 is 5.32 Å². The van der Waals surface area contributed by atoms with Crippen LogP contribution in [0.2, 0.25) is 0 Å². The molecule has 0 bridgehead atoms. The normalized spacial score (nSPS) is 20.0. The standard InChI is InChI=1S/C20H25N3O3/c1-14-6-3-4-7-16(14)19(25)21-12-15-9-11-23(13-18(15)24)20(26)17-8-5-10-22(17)2/h3-8,10,15,18,24H,9,11-13H2,1-2H3,(H,21,25)/t15-,18+/m0/s1. The number of carbonyl (C=O) groups is 2. The Morgan fingerprint density at radius 1 is 1.23 bits per heavy atom. The van der Waals surface area contributed by atoms with Gasteiger partial charge in [0.1, 0.15) is 5.69 Å². The molecule has 0 saturated carbocycles. The van der Waals surface area contributed by atoms with Crippen molar-refractivity contribution in [3.63, 3.8) is 0 Å². The number of nitrogens with one attached hydrogen (secondary N) is 1. The van der Waals surface area contributed by atoms with Crippen molar-refractivity contribution in [2.24, 2.45) is 13.0 Å². The van der Waals surface area contributed by atoms with Crippen LogP contribution in [-0.2, 0) is 7.05 Å². The Balaban J connectivity index is 1.55. The number of β-amino-alcohol motifs (C(OH)–C–C–N with tert-alkyl or cyclic N) is 1. The summed E-state index contributed by atoms with van der Waals surface area (Å²) in [4.78, 5) is 26.5. The predicted octanol–water partition coefficient (Wildman–Crippen LogP) is 1.59. The van der Waals surface area contributed by atoms with Crippen LogP contribution in [-0.4, -0.2) is 52.1 Å². The lowest BCUT2D eigenvalue weighted by molar-refractivity contribution is 0.0193. The van der Waals surface area contributed by atoms with E-state index in [1.165, 1.54) is 0 Å². The Kier molecular flexibility index (Phi) is 5.42. The number of rotatable bonds is 4. The molecule has 0 aliphatic carbocycles. The van der Waals surface area contributed by atoms with Crippen LogP contribution in [0.5, 0.6) is 0 Å². The van der Waals surface area contributed by atoms with Gasteiger partial charge in [0.2, 0.25) is 0 Å². The first-order chi connectivity index (χ1) is 12.5. The lowest BCUT2D eigenvalue weighted by Crippen LogP contribution is -2.49. The predicted molar refractivity (Wildman–Crippen MR) is 98.9 cm³/mol. The van der Waals surface area contributed by atoms with E-state index in [0.717, 1.165) is 5.56 Å². The maximum absolute atomic E-state index is 12.5. The summed E-state index contributed by atoms with van der Waals surface area (Å²) in [5.41, 5.74) is 2.19. The Morgan fingerprint density at radius 3 is 2.65 bits per heavy atom. The van der Waals surface area contributed by atoms with Crippen molar-refractivity contribution in [2.75, 3.05) is 19.6 Å². The summed E-state index contributed by atoms with van der Waals surface area (Å²) in [6.07, 6.45) is 1.84. The summed E-state index contributed by atoms with van der Waals surface area (Å²) in [5.74, 6) is -0.253. The third-order valence-electron chi connectivity index (χ3n) is 5.09. The Hall–Kier alpha value is -2.60. The van der Waals surface area contributed by atoms with Gasteiger partial charge >= 0.3 is 0 Å². The maximum atomic E-state index is 12.5. The number of hydrogen-bond donors (Lipinski definition) is 2. The zero-order valence-corrected chi connectivity index (χ0v) is 15.2. The van der Waals surface area contributed by atoms with E-state index in [9.17, 15) is 14.7 Å². The molecule has 3 rings (SSSR count). The third kappa shape index (κ3) is 3.80. The molecule has 6 nitrogen and oxygen atoms in total. The fourth-order valence-corrected chi connectivity index (χ4v) is 3.39. The maximum Gasteiger partial charge on any atom is 0.270 e. The van der Waals surface area contributed by atoms with Gasteiger partial charge in [-0.3, -0.25) is 9.59 Å². The fourth-order valence-electron chi connectivity index (χ4n) is 3.39. The Morgan fingerprint density at radius 2 is 2.00 bits per heavy atom. The van der Waals surface area contributed by atoms with Gasteiger partial charge in [-0.15, -0.1) is 0 Å². The number of hydrogen-bond acceptors (Lipinski definition) is 3. The van der Waals surface area contributed by atoms with E-state index in [4.69, 9.17) is 0 Å². The van der Waals surface area contributed by atoms with Gasteiger partial charge in [-0.05, 0) is 37.1 Å². The molecule has 2 heterocycles. The van der Waals surface area contributed by atoms with E-state index in [1.54, 1.807) is 21.6 Å². The van der Waals surface area contributed by atoms with Gasteiger partial charge in [-0.25, -0.2) is 0 Å². The van der Waals surface area contributed by atoms with Crippen molar-refractivity contribution in [1.82, 2.24) is 14.8 Å². The lowest BCUT2D eigenvalue weighted by Gasteiger charge is -2.36. The van der Waals surface area contributed by atoms with Gasteiger partial charge in [0, 0.05) is 44.4 Å². The molecule has 1 saturated heterocycles. The van der Waals surface area contributed by atoms with Crippen LogP contribution in [0.4, 0.5) is 0 Å². The van der Waals surface area contributed by atoms with Crippen molar-refractivity contribution >= 4 is 11.8 Å². The zero-order valence-electron chi connectivity index (χ0n) is 15.2. The molecule has 2 N–H and O–H groups in total. The van der Waals surface area contributed by atoms with Crippen molar-refractivity contribution in [2.45, 2.75) is 19.4 Å². The first-order valence-electron chi connectivity index (χ1n) is 8.90. The lowest BCUT2D eigenvalue weighted by atomic mass is 9.93. The van der Waals surface area contributed by atoms with Gasteiger partial charge in [0.05, 0.1) is 6.10 Å². The molecule has 2 aromatic rings. The van der Waals surface area contributed by atoms with Crippen molar-refractivity contribution in [1.29, 1.82) is 0 Å². The molecular formula is C20H25N3O3. The molecule has 1 aromatic carbocycles.